The fourth-order valence-electron chi connectivity index (χ4n) is 3.15. The van der Waals surface area contributed by atoms with E-state index in [1.54, 1.807) is 23.9 Å². The molecule has 2 aromatic rings. The van der Waals surface area contributed by atoms with Crippen LogP contribution in [-0.4, -0.2) is 25.4 Å². The Balaban J connectivity index is 1.92. The lowest BCUT2D eigenvalue weighted by Crippen LogP contribution is -2.30. The van der Waals surface area contributed by atoms with Gasteiger partial charge >= 0.3 is 0 Å². The Morgan fingerprint density at radius 3 is 2.57 bits per heavy atom. The molecule has 150 valence electrons. The molecule has 28 heavy (non-hydrogen) atoms. The van der Waals surface area contributed by atoms with Gasteiger partial charge in [-0.1, -0.05) is 49.3 Å². The van der Waals surface area contributed by atoms with Crippen LogP contribution in [-0.2, 0) is 21.9 Å². The number of aliphatic imine (C=N–C) groups is 1. The number of nitrogens with zero attached hydrogens (tertiary/aromatic N) is 2. The Bertz CT molecular complexity index is 1020. The molecule has 1 heterocycles. The third kappa shape index (κ3) is 4.51. The summed E-state index contributed by atoms with van der Waals surface area (Å²) < 4.78 is 23.5. The first-order chi connectivity index (χ1) is 13.2. The maximum absolute atomic E-state index is 11.8. The number of hydrogen-bond donors (Lipinski definition) is 0. The summed E-state index contributed by atoms with van der Waals surface area (Å²) in [5.74, 6) is 0.678. The van der Waals surface area contributed by atoms with Gasteiger partial charge in [-0.05, 0) is 55.2 Å². The Labute approximate surface area is 180 Å². The Kier molecular flexibility index (Phi) is 6.65. The fourth-order valence-corrected chi connectivity index (χ4v) is 5.81. The highest BCUT2D eigenvalue weighted by Crippen LogP contribution is 2.36. The second-order valence-electron chi connectivity index (χ2n) is 6.59. The van der Waals surface area contributed by atoms with Crippen molar-refractivity contribution < 1.29 is 8.42 Å². The molecule has 1 atom stereocenters. The summed E-state index contributed by atoms with van der Waals surface area (Å²) in [5.41, 5.74) is 4.30. The van der Waals surface area contributed by atoms with E-state index < -0.39 is 9.05 Å². The van der Waals surface area contributed by atoms with E-state index in [2.05, 4.69) is 43.9 Å². The normalized spacial score (nSPS) is 18.8. The molecule has 0 spiro atoms. The highest BCUT2D eigenvalue weighted by molar-refractivity contribution is 8.14. The molecule has 0 saturated carbocycles. The summed E-state index contributed by atoms with van der Waals surface area (Å²) >= 11 is 7.66. The number of benzene rings is 2. The number of thioether (sulfide) groups is 1. The smallest absolute Gasteiger partial charge is 0.262 e. The van der Waals surface area contributed by atoms with Gasteiger partial charge in [-0.25, -0.2) is 13.4 Å². The van der Waals surface area contributed by atoms with Gasteiger partial charge in [0.2, 0.25) is 0 Å². The zero-order valence-corrected chi connectivity index (χ0v) is 19.1. The van der Waals surface area contributed by atoms with Crippen LogP contribution >= 0.6 is 34.0 Å². The molecule has 8 heteroatoms. The molecular formula is C20H22Cl2N2O2S2. The average Bonchev–Trinajstić information content (AvgIpc) is 3.02. The lowest BCUT2D eigenvalue weighted by Gasteiger charge is -2.23. The zero-order chi connectivity index (χ0) is 20.5. The second-order valence-corrected chi connectivity index (χ2v) is 10.5. The van der Waals surface area contributed by atoms with Crippen molar-refractivity contribution in [3.8, 4) is 0 Å². The van der Waals surface area contributed by atoms with E-state index in [9.17, 15) is 8.42 Å². The van der Waals surface area contributed by atoms with Gasteiger partial charge in [0, 0.05) is 16.4 Å². The standard InChI is InChI=1S/C20H22Cl2N2O2S2/c1-4-14-6-9-18(15(5-2)10-14)23-20-13(3)24(12-27-20)16-7-8-17(21)19(11-16)28(22,25)26/h6-11,13H,4-5,12H2,1-3H3. The topological polar surface area (TPSA) is 49.7 Å². The number of anilines is 1. The quantitative estimate of drug-likeness (QED) is 0.515. The largest absolute Gasteiger partial charge is 0.353 e. The third-order valence-corrected chi connectivity index (χ3v) is 7.79. The minimum absolute atomic E-state index is 0.0209. The summed E-state index contributed by atoms with van der Waals surface area (Å²) in [5, 5.41) is 1.12. The molecule has 0 bridgehead atoms. The van der Waals surface area contributed by atoms with E-state index in [0.717, 1.165) is 29.3 Å². The van der Waals surface area contributed by atoms with Crippen molar-refractivity contribution in [3.05, 3.63) is 52.5 Å². The van der Waals surface area contributed by atoms with Crippen LogP contribution in [0.2, 0.25) is 5.02 Å². The van der Waals surface area contributed by atoms with Crippen LogP contribution in [0.3, 0.4) is 0 Å². The molecule has 1 unspecified atom stereocenters. The molecule has 3 rings (SSSR count). The van der Waals surface area contributed by atoms with Crippen molar-refractivity contribution >= 4 is 59.5 Å². The van der Waals surface area contributed by atoms with Crippen LogP contribution in [0.1, 0.15) is 31.9 Å². The molecule has 1 aliphatic rings. The van der Waals surface area contributed by atoms with E-state index in [0.29, 0.717) is 5.88 Å². The molecule has 2 aromatic carbocycles. The van der Waals surface area contributed by atoms with Crippen LogP contribution in [0.5, 0.6) is 0 Å². The first kappa shape index (κ1) is 21.5. The number of hydrogen-bond acceptors (Lipinski definition) is 5. The summed E-state index contributed by atoms with van der Waals surface area (Å²) in [6, 6.07) is 11.3. The minimum Gasteiger partial charge on any atom is -0.353 e. The molecule has 1 saturated heterocycles. The van der Waals surface area contributed by atoms with Crippen molar-refractivity contribution in [2.24, 2.45) is 4.99 Å². The Hall–Kier alpha value is -1.21. The Morgan fingerprint density at radius 2 is 1.93 bits per heavy atom. The minimum atomic E-state index is -3.90. The number of halogens is 2. The molecule has 0 aromatic heterocycles. The summed E-state index contributed by atoms with van der Waals surface area (Å²) in [6.45, 7) is 6.35. The van der Waals surface area contributed by atoms with Gasteiger partial charge < -0.3 is 4.90 Å². The molecule has 0 N–H and O–H groups in total. The third-order valence-electron chi connectivity index (χ3n) is 4.85. The molecule has 0 amide bonds. The summed E-state index contributed by atoms with van der Waals surface area (Å²) in [6.07, 6.45) is 1.93. The van der Waals surface area contributed by atoms with Gasteiger partial charge in [-0.15, -0.1) is 0 Å². The first-order valence-corrected chi connectivity index (χ1v) is 12.8. The molecule has 1 aliphatic heterocycles. The first-order valence-electron chi connectivity index (χ1n) is 9.08. The highest BCUT2D eigenvalue weighted by atomic mass is 35.7. The van der Waals surface area contributed by atoms with Gasteiger partial charge in [-0.3, -0.25) is 0 Å². The van der Waals surface area contributed by atoms with Gasteiger partial charge in [0.05, 0.1) is 27.7 Å². The van der Waals surface area contributed by atoms with E-state index in [1.165, 1.54) is 17.2 Å². The second kappa shape index (κ2) is 8.66. The molecule has 1 fully saturated rings. The predicted molar refractivity (Wildman–Crippen MR) is 121 cm³/mol. The average molecular weight is 457 g/mol. The van der Waals surface area contributed by atoms with Gasteiger partial charge in [0.25, 0.3) is 9.05 Å². The van der Waals surface area contributed by atoms with Gasteiger partial charge in [0.15, 0.2) is 0 Å². The monoisotopic (exact) mass is 456 g/mol. The predicted octanol–water partition coefficient (Wildman–Crippen LogP) is 6.02. The van der Waals surface area contributed by atoms with Crippen molar-refractivity contribution in [1.82, 2.24) is 0 Å². The molecule has 0 aliphatic carbocycles. The van der Waals surface area contributed by atoms with E-state index in [-0.39, 0.29) is 16.0 Å². The number of aryl methyl sites for hydroxylation is 2. The van der Waals surface area contributed by atoms with Crippen molar-refractivity contribution in [3.63, 3.8) is 0 Å². The lowest BCUT2D eigenvalue weighted by molar-refractivity contribution is 0.609. The maximum atomic E-state index is 11.8. The van der Waals surface area contributed by atoms with Crippen LogP contribution in [0.4, 0.5) is 11.4 Å². The van der Waals surface area contributed by atoms with Crippen molar-refractivity contribution in [1.29, 1.82) is 0 Å². The maximum Gasteiger partial charge on any atom is 0.262 e. The van der Waals surface area contributed by atoms with Crippen molar-refractivity contribution in [2.75, 3.05) is 10.8 Å². The summed E-state index contributed by atoms with van der Waals surface area (Å²) in [4.78, 5) is 6.94. The Morgan fingerprint density at radius 1 is 1.18 bits per heavy atom. The van der Waals surface area contributed by atoms with Crippen LogP contribution in [0, 0.1) is 0 Å². The van der Waals surface area contributed by atoms with Gasteiger partial charge in [0.1, 0.15) is 4.90 Å². The van der Waals surface area contributed by atoms with Crippen LogP contribution in [0.25, 0.3) is 0 Å². The van der Waals surface area contributed by atoms with Crippen LogP contribution < -0.4 is 4.90 Å². The zero-order valence-electron chi connectivity index (χ0n) is 15.9. The summed E-state index contributed by atoms with van der Waals surface area (Å²) in [7, 11) is 1.61. The van der Waals surface area contributed by atoms with Crippen molar-refractivity contribution in [2.45, 2.75) is 44.6 Å². The molecule has 4 nitrogen and oxygen atoms in total. The van der Waals surface area contributed by atoms with E-state index >= 15 is 0 Å². The number of rotatable bonds is 5. The van der Waals surface area contributed by atoms with Crippen LogP contribution in [0.15, 0.2) is 46.3 Å². The highest BCUT2D eigenvalue weighted by Gasteiger charge is 2.29. The fraction of sp³-hybridized carbons (Fsp3) is 0.350. The molecular weight excluding hydrogens is 435 g/mol. The van der Waals surface area contributed by atoms with E-state index in [4.69, 9.17) is 27.3 Å². The molecule has 0 radical (unpaired) electrons. The van der Waals surface area contributed by atoms with Gasteiger partial charge in [-0.2, -0.15) is 0 Å². The lowest BCUT2D eigenvalue weighted by atomic mass is 10.0. The SMILES string of the molecule is CCc1ccc(N=C2SCN(c3ccc(Cl)c(S(=O)(=O)Cl)c3)C2C)c(CC)c1. The van der Waals surface area contributed by atoms with E-state index in [1.807, 2.05) is 0 Å².